The van der Waals surface area contributed by atoms with E-state index in [-0.39, 0.29) is 0 Å². The Morgan fingerprint density at radius 1 is 1.43 bits per heavy atom. The number of nitrogen functional groups attached to an aromatic ring is 1. The number of alkyl halides is 3. The second kappa shape index (κ2) is 5.94. The Bertz CT molecular complexity index is 575. The quantitative estimate of drug-likeness (QED) is 0.400. The lowest BCUT2D eigenvalue weighted by atomic mass is 10.1. The number of benzene rings is 1. The lowest BCUT2D eigenvalue weighted by molar-refractivity contribution is -0.385. The molecule has 0 radical (unpaired) electrons. The molecule has 0 aliphatic heterocycles. The number of rotatable bonds is 4. The van der Waals surface area contributed by atoms with Crippen LogP contribution in [0.5, 0.6) is 0 Å². The van der Waals surface area contributed by atoms with Crippen molar-refractivity contribution >= 4 is 17.3 Å². The van der Waals surface area contributed by atoms with Crippen molar-refractivity contribution in [2.24, 2.45) is 0 Å². The molecule has 0 heterocycles. The van der Waals surface area contributed by atoms with Crippen LogP contribution in [0, 0.1) is 15.9 Å². The van der Waals surface area contributed by atoms with E-state index in [2.05, 4.69) is 0 Å². The summed E-state index contributed by atoms with van der Waals surface area (Å²) in [6, 6.07) is 1.19. The normalized spacial score (nSPS) is 11.3. The fourth-order valence-corrected chi connectivity index (χ4v) is 1.50. The van der Waals surface area contributed by atoms with E-state index in [1.54, 1.807) is 0 Å². The predicted molar refractivity (Wildman–Crippen MR) is 65.1 cm³/mol. The summed E-state index contributed by atoms with van der Waals surface area (Å²) in [6.07, 6.45) is -5.73. The SMILES string of the molecule is CN(CCC(F)(F)F)C(=O)c1cc(N)c(F)cc1[N+](=O)[O-]. The number of anilines is 1. The molecule has 0 saturated heterocycles. The molecule has 1 aromatic carbocycles. The van der Waals surface area contributed by atoms with Gasteiger partial charge < -0.3 is 10.6 Å². The van der Waals surface area contributed by atoms with Gasteiger partial charge in [-0.3, -0.25) is 14.9 Å². The average molecular weight is 309 g/mol. The molecule has 0 aliphatic carbocycles. The molecule has 116 valence electrons. The van der Waals surface area contributed by atoms with Gasteiger partial charge in [-0.25, -0.2) is 4.39 Å². The first-order valence-electron chi connectivity index (χ1n) is 5.58. The van der Waals surface area contributed by atoms with Gasteiger partial charge in [0.2, 0.25) is 0 Å². The molecule has 6 nitrogen and oxygen atoms in total. The third-order valence-electron chi connectivity index (χ3n) is 2.62. The van der Waals surface area contributed by atoms with Crippen molar-refractivity contribution < 1.29 is 27.3 Å². The summed E-state index contributed by atoms with van der Waals surface area (Å²) in [5.41, 5.74) is 3.29. The number of nitro benzene ring substituents is 1. The monoisotopic (exact) mass is 309 g/mol. The highest BCUT2D eigenvalue weighted by Gasteiger charge is 2.30. The number of nitro groups is 1. The van der Waals surface area contributed by atoms with Crippen LogP contribution >= 0.6 is 0 Å². The fraction of sp³-hybridized carbons (Fsp3) is 0.364. The van der Waals surface area contributed by atoms with Crippen molar-refractivity contribution in [2.45, 2.75) is 12.6 Å². The highest BCUT2D eigenvalue weighted by atomic mass is 19.4. The first-order valence-corrected chi connectivity index (χ1v) is 5.58. The number of carbonyl (C=O) groups excluding carboxylic acids is 1. The summed E-state index contributed by atoms with van der Waals surface area (Å²) in [5.74, 6) is -2.13. The van der Waals surface area contributed by atoms with Crippen LogP contribution < -0.4 is 5.73 Å². The molecule has 2 N–H and O–H groups in total. The van der Waals surface area contributed by atoms with E-state index in [9.17, 15) is 32.5 Å². The van der Waals surface area contributed by atoms with Crippen molar-refractivity contribution in [3.05, 3.63) is 33.6 Å². The molecule has 0 unspecified atom stereocenters. The predicted octanol–water partition coefficient (Wildman–Crippen LogP) is 2.34. The van der Waals surface area contributed by atoms with E-state index in [0.717, 1.165) is 13.1 Å². The second-order valence-electron chi connectivity index (χ2n) is 4.24. The van der Waals surface area contributed by atoms with Gasteiger partial charge in [-0.05, 0) is 6.07 Å². The number of nitrogens with zero attached hydrogens (tertiary/aromatic N) is 2. The molecule has 1 rings (SSSR count). The van der Waals surface area contributed by atoms with E-state index in [4.69, 9.17) is 5.73 Å². The summed E-state index contributed by atoms with van der Waals surface area (Å²) < 4.78 is 49.5. The molecule has 10 heteroatoms. The number of halogens is 4. The van der Waals surface area contributed by atoms with Gasteiger partial charge in [0.25, 0.3) is 11.6 Å². The molecule has 1 amide bonds. The maximum atomic E-state index is 13.2. The highest BCUT2D eigenvalue weighted by Crippen LogP contribution is 2.26. The van der Waals surface area contributed by atoms with Crippen LogP contribution in [0.15, 0.2) is 12.1 Å². The van der Waals surface area contributed by atoms with Crippen LogP contribution in [-0.4, -0.2) is 35.5 Å². The van der Waals surface area contributed by atoms with Crippen LogP contribution in [-0.2, 0) is 0 Å². The average Bonchev–Trinajstić information content (AvgIpc) is 2.36. The Hall–Kier alpha value is -2.39. The van der Waals surface area contributed by atoms with Crippen molar-refractivity contribution in [2.75, 3.05) is 19.3 Å². The van der Waals surface area contributed by atoms with Gasteiger partial charge in [0.05, 0.1) is 23.1 Å². The largest absolute Gasteiger partial charge is 0.396 e. The first kappa shape index (κ1) is 16.7. The smallest absolute Gasteiger partial charge is 0.390 e. The summed E-state index contributed by atoms with van der Waals surface area (Å²) in [4.78, 5) is 22.4. The van der Waals surface area contributed by atoms with Gasteiger partial charge in [0.15, 0.2) is 5.82 Å². The Balaban J connectivity index is 3.06. The minimum absolute atomic E-state index is 0.458. The Morgan fingerprint density at radius 2 is 2.00 bits per heavy atom. The summed E-state index contributed by atoms with van der Waals surface area (Å²) in [7, 11) is 1.05. The molecule has 0 saturated carbocycles. The number of hydrogen-bond donors (Lipinski definition) is 1. The lowest BCUT2D eigenvalue weighted by Crippen LogP contribution is -2.31. The van der Waals surface area contributed by atoms with E-state index in [1.807, 2.05) is 0 Å². The summed E-state index contributed by atoms with van der Waals surface area (Å²) in [6.45, 7) is -0.684. The zero-order valence-electron chi connectivity index (χ0n) is 10.8. The Labute approximate surface area is 116 Å². The van der Waals surface area contributed by atoms with Gasteiger partial charge in [0, 0.05) is 13.6 Å². The van der Waals surface area contributed by atoms with Gasteiger partial charge in [0.1, 0.15) is 5.56 Å². The standard InChI is InChI=1S/C11H11F4N3O3/c1-17(3-2-11(13,14)15)10(19)6-4-8(16)7(12)5-9(6)18(20)21/h4-5H,2-3,16H2,1H3. The zero-order chi connectivity index (χ0) is 16.4. The molecule has 0 spiro atoms. The minimum atomic E-state index is -4.47. The molecule has 0 aliphatic rings. The van der Waals surface area contributed by atoms with E-state index in [0.29, 0.717) is 11.0 Å². The van der Waals surface area contributed by atoms with Crippen LogP contribution in [0.25, 0.3) is 0 Å². The van der Waals surface area contributed by atoms with Crippen molar-refractivity contribution in [1.29, 1.82) is 0 Å². The molecule has 1 aromatic rings. The number of carbonyl (C=O) groups is 1. The van der Waals surface area contributed by atoms with Crippen molar-refractivity contribution in [1.82, 2.24) is 4.90 Å². The van der Waals surface area contributed by atoms with Crippen LogP contribution in [0.1, 0.15) is 16.8 Å². The minimum Gasteiger partial charge on any atom is -0.396 e. The molecule has 0 bridgehead atoms. The fourth-order valence-electron chi connectivity index (χ4n) is 1.50. The zero-order valence-corrected chi connectivity index (χ0v) is 10.8. The molecule has 0 atom stereocenters. The van der Waals surface area contributed by atoms with Crippen LogP contribution in [0.2, 0.25) is 0 Å². The van der Waals surface area contributed by atoms with Crippen molar-refractivity contribution in [3.8, 4) is 0 Å². The van der Waals surface area contributed by atoms with Gasteiger partial charge in [-0.15, -0.1) is 0 Å². The van der Waals surface area contributed by atoms with E-state index >= 15 is 0 Å². The molecular weight excluding hydrogens is 298 g/mol. The number of hydrogen-bond acceptors (Lipinski definition) is 4. The second-order valence-corrected chi connectivity index (χ2v) is 4.24. The lowest BCUT2D eigenvalue weighted by Gasteiger charge is -2.18. The van der Waals surface area contributed by atoms with Crippen LogP contribution in [0.4, 0.5) is 28.9 Å². The summed E-state index contributed by atoms with van der Waals surface area (Å²) >= 11 is 0. The maximum Gasteiger partial charge on any atom is 0.390 e. The first-order chi connectivity index (χ1) is 9.53. The number of nitrogens with two attached hydrogens (primary N) is 1. The number of amides is 1. The van der Waals surface area contributed by atoms with Crippen molar-refractivity contribution in [3.63, 3.8) is 0 Å². The third-order valence-corrected chi connectivity index (χ3v) is 2.62. The third kappa shape index (κ3) is 4.29. The van der Waals surface area contributed by atoms with Gasteiger partial charge in [-0.2, -0.15) is 13.2 Å². The molecule has 0 fully saturated rings. The Morgan fingerprint density at radius 3 is 2.48 bits per heavy atom. The topological polar surface area (TPSA) is 89.5 Å². The molecule has 0 aromatic heterocycles. The van der Waals surface area contributed by atoms with E-state index < -0.39 is 52.7 Å². The van der Waals surface area contributed by atoms with Gasteiger partial charge in [-0.1, -0.05) is 0 Å². The molecular formula is C11H11F4N3O3. The van der Waals surface area contributed by atoms with Gasteiger partial charge >= 0.3 is 6.18 Å². The van der Waals surface area contributed by atoms with Crippen LogP contribution in [0.3, 0.4) is 0 Å². The van der Waals surface area contributed by atoms with E-state index in [1.165, 1.54) is 0 Å². The maximum absolute atomic E-state index is 13.2. The summed E-state index contributed by atoms with van der Waals surface area (Å²) in [5, 5.41) is 10.8. The molecule has 21 heavy (non-hydrogen) atoms. The Kier molecular flexibility index (Phi) is 4.71. The highest BCUT2D eigenvalue weighted by molar-refractivity contribution is 5.99.